The molecule has 0 saturated heterocycles. The van der Waals surface area contributed by atoms with Gasteiger partial charge in [0.2, 0.25) is 5.95 Å². The van der Waals surface area contributed by atoms with Gasteiger partial charge in [0, 0.05) is 18.1 Å². The summed E-state index contributed by atoms with van der Waals surface area (Å²) >= 11 is 0. The van der Waals surface area contributed by atoms with Gasteiger partial charge < -0.3 is 10.1 Å². The van der Waals surface area contributed by atoms with Crippen molar-refractivity contribution in [1.29, 1.82) is 0 Å². The van der Waals surface area contributed by atoms with Crippen molar-refractivity contribution >= 4 is 27.6 Å². The summed E-state index contributed by atoms with van der Waals surface area (Å²) in [5.41, 5.74) is 2.80. The molecule has 31 heavy (non-hydrogen) atoms. The van der Waals surface area contributed by atoms with E-state index in [9.17, 15) is 13.2 Å². The van der Waals surface area contributed by atoms with Crippen molar-refractivity contribution in [2.75, 3.05) is 16.6 Å². The molecule has 0 radical (unpaired) electrons. The number of hydrogen-bond acceptors (Lipinski definition) is 6. The highest BCUT2D eigenvalue weighted by atomic mass is 32.2. The van der Waals surface area contributed by atoms with E-state index in [1.807, 2.05) is 25.1 Å². The van der Waals surface area contributed by atoms with Crippen LogP contribution in [0, 0.1) is 6.92 Å². The van der Waals surface area contributed by atoms with E-state index >= 15 is 0 Å². The molecule has 162 valence electrons. The number of aromatic nitrogens is 2. The number of aryl methyl sites for hydroxylation is 1. The molecule has 8 nitrogen and oxygen atoms in total. The molecule has 1 heterocycles. The van der Waals surface area contributed by atoms with Crippen molar-refractivity contribution in [1.82, 2.24) is 9.97 Å². The highest BCUT2D eigenvalue weighted by Gasteiger charge is 2.15. The zero-order valence-electron chi connectivity index (χ0n) is 17.5. The fraction of sp³-hybridized carbons (Fsp3) is 0.227. The Hall–Kier alpha value is -3.46. The topological polar surface area (TPSA) is 110 Å². The number of ether oxygens (including phenoxy) is 1. The predicted molar refractivity (Wildman–Crippen MR) is 119 cm³/mol. The molecule has 1 amide bonds. The Morgan fingerprint density at radius 1 is 1.06 bits per heavy atom. The average molecular weight is 441 g/mol. The maximum atomic E-state index is 12.4. The summed E-state index contributed by atoms with van der Waals surface area (Å²) in [4.78, 5) is 19.9. The molecule has 3 aromatic rings. The van der Waals surface area contributed by atoms with Crippen LogP contribution >= 0.6 is 0 Å². The number of benzene rings is 2. The van der Waals surface area contributed by atoms with E-state index in [1.165, 1.54) is 42.2 Å². The fourth-order valence-corrected chi connectivity index (χ4v) is 3.94. The molecule has 2 N–H and O–H groups in total. The Balaban J connectivity index is 1.57. The second kappa shape index (κ2) is 9.57. The molecule has 0 aliphatic rings. The van der Waals surface area contributed by atoms with Crippen LogP contribution in [0.1, 0.15) is 30.9 Å². The van der Waals surface area contributed by atoms with Crippen molar-refractivity contribution in [2.24, 2.45) is 0 Å². The molecule has 0 spiro atoms. The van der Waals surface area contributed by atoms with E-state index in [4.69, 9.17) is 4.74 Å². The van der Waals surface area contributed by atoms with Gasteiger partial charge in [-0.25, -0.2) is 23.1 Å². The SMILES string of the molecule is Cc1cc(OCC(=O)Nc2ccc(S(=O)(=O)Nc3ncccn3)cc2)ccc1C(C)C. The second-order valence-electron chi connectivity index (χ2n) is 7.21. The van der Waals surface area contributed by atoms with Gasteiger partial charge in [-0.1, -0.05) is 19.9 Å². The van der Waals surface area contributed by atoms with Crippen LogP contribution in [0.2, 0.25) is 0 Å². The lowest BCUT2D eigenvalue weighted by atomic mass is 9.98. The Labute approximate surface area is 181 Å². The molecule has 0 bridgehead atoms. The van der Waals surface area contributed by atoms with Crippen LogP contribution < -0.4 is 14.8 Å². The molecule has 0 atom stereocenters. The largest absolute Gasteiger partial charge is 0.484 e. The van der Waals surface area contributed by atoms with Crippen LogP contribution in [-0.4, -0.2) is 30.9 Å². The molecule has 9 heteroatoms. The smallest absolute Gasteiger partial charge is 0.264 e. The highest BCUT2D eigenvalue weighted by Crippen LogP contribution is 2.23. The minimum atomic E-state index is -3.83. The standard InChI is InChI=1S/C22H24N4O4S/c1-15(2)20-10-7-18(13-16(20)3)30-14-21(27)25-17-5-8-19(9-6-17)31(28,29)26-22-23-11-4-12-24-22/h4-13,15H,14H2,1-3H3,(H,25,27)(H,23,24,26). The van der Waals surface area contributed by atoms with E-state index in [0.717, 1.165) is 5.56 Å². The van der Waals surface area contributed by atoms with Gasteiger partial charge in [-0.15, -0.1) is 0 Å². The van der Waals surface area contributed by atoms with E-state index in [1.54, 1.807) is 6.07 Å². The molecule has 0 aliphatic heterocycles. The molecule has 2 aromatic carbocycles. The Bertz CT molecular complexity index is 1150. The number of rotatable bonds is 8. The number of hydrogen-bond donors (Lipinski definition) is 2. The number of carbonyl (C=O) groups excluding carboxylic acids is 1. The van der Waals surface area contributed by atoms with Gasteiger partial charge in [-0.3, -0.25) is 4.79 Å². The molecule has 0 unspecified atom stereocenters. The summed E-state index contributed by atoms with van der Waals surface area (Å²) in [6.07, 6.45) is 2.87. The number of sulfonamides is 1. The zero-order chi connectivity index (χ0) is 22.4. The van der Waals surface area contributed by atoms with E-state index in [2.05, 4.69) is 33.9 Å². The van der Waals surface area contributed by atoms with Crippen LogP contribution in [0.3, 0.4) is 0 Å². The third-order valence-corrected chi connectivity index (χ3v) is 5.82. The molecule has 3 rings (SSSR count). The van der Waals surface area contributed by atoms with Gasteiger partial charge >= 0.3 is 0 Å². The van der Waals surface area contributed by atoms with Crippen LogP contribution in [0.25, 0.3) is 0 Å². The first-order chi connectivity index (χ1) is 14.7. The third-order valence-electron chi connectivity index (χ3n) is 4.47. The maximum Gasteiger partial charge on any atom is 0.264 e. The van der Waals surface area contributed by atoms with E-state index in [0.29, 0.717) is 17.4 Å². The molecular weight excluding hydrogens is 416 g/mol. The summed E-state index contributed by atoms with van der Waals surface area (Å²) in [7, 11) is -3.83. The van der Waals surface area contributed by atoms with E-state index in [-0.39, 0.29) is 23.4 Å². The normalized spacial score (nSPS) is 11.2. The lowest BCUT2D eigenvalue weighted by molar-refractivity contribution is -0.118. The van der Waals surface area contributed by atoms with Crippen molar-refractivity contribution in [3.05, 3.63) is 72.1 Å². The lowest BCUT2D eigenvalue weighted by Gasteiger charge is -2.12. The predicted octanol–water partition coefficient (Wildman–Crippen LogP) is 3.73. The fourth-order valence-electron chi connectivity index (χ4n) is 2.98. The quantitative estimate of drug-likeness (QED) is 0.552. The monoisotopic (exact) mass is 440 g/mol. The van der Waals surface area contributed by atoms with Crippen LogP contribution in [-0.2, 0) is 14.8 Å². The van der Waals surface area contributed by atoms with Crippen LogP contribution in [0.5, 0.6) is 5.75 Å². The summed E-state index contributed by atoms with van der Waals surface area (Å²) in [5, 5.41) is 2.68. The van der Waals surface area contributed by atoms with Gasteiger partial charge in [0.15, 0.2) is 6.61 Å². The maximum absolute atomic E-state index is 12.4. The summed E-state index contributed by atoms with van der Waals surface area (Å²) in [6.45, 7) is 6.10. The first-order valence-electron chi connectivity index (χ1n) is 9.68. The summed E-state index contributed by atoms with van der Waals surface area (Å²) < 4.78 is 32.6. The number of carbonyl (C=O) groups is 1. The molecule has 0 aliphatic carbocycles. The van der Waals surface area contributed by atoms with Crippen LogP contribution in [0.15, 0.2) is 65.8 Å². The van der Waals surface area contributed by atoms with Crippen molar-refractivity contribution in [3.8, 4) is 5.75 Å². The Morgan fingerprint density at radius 3 is 2.35 bits per heavy atom. The summed E-state index contributed by atoms with van der Waals surface area (Å²) in [6, 6.07) is 13.1. The minimum Gasteiger partial charge on any atom is -0.484 e. The highest BCUT2D eigenvalue weighted by molar-refractivity contribution is 7.92. The minimum absolute atomic E-state index is 0.0197. The number of amides is 1. The zero-order valence-corrected chi connectivity index (χ0v) is 18.3. The van der Waals surface area contributed by atoms with Gasteiger partial charge in [-0.2, -0.15) is 0 Å². The first kappa shape index (κ1) is 22.2. The van der Waals surface area contributed by atoms with Crippen molar-refractivity contribution in [2.45, 2.75) is 31.6 Å². The Morgan fingerprint density at radius 2 is 1.74 bits per heavy atom. The molecule has 1 aromatic heterocycles. The molecule has 0 fully saturated rings. The van der Waals surface area contributed by atoms with Crippen LogP contribution in [0.4, 0.5) is 11.6 Å². The molecule has 0 saturated carbocycles. The average Bonchev–Trinajstić information content (AvgIpc) is 2.73. The van der Waals surface area contributed by atoms with Gasteiger partial charge in [0.25, 0.3) is 15.9 Å². The van der Waals surface area contributed by atoms with Gasteiger partial charge in [0.05, 0.1) is 4.90 Å². The molecular formula is C22H24N4O4S. The second-order valence-corrected chi connectivity index (χ2v) is 8.89. The van der Waals surface area contributed by atoms with Gasteiger partial charge in [0.1, 0.15) is 5.75 Å². The van der Waals surface area contributed by atoms with E-state index < -0.39 is 10.0 Å². The number of anilines is 2. The van der Waals surface area contributed by atoms with Crippen molar-refractivity contribution in [3.63, 3.8) is 0 Å². The van der Waals surface area contributed by atoms with Crippen molar-refractivity contribution < 1.29 is 17.9 Å². The van der Waals surface area contributed by atoms with Gasteiger partial charge in [-0.05, 0) is 66.4 Å². The number of nitrogens with one attached hydrogen (secondary N) is 2. The summed E-state index contributed by atoms with van der Waals surface area (Å²) in [5.74, 6) is 0.665. The third kappa shape index (κ3) is 6.02. The lowest BCUT2D eigenvalue weighted by Crippen LogP contribution is -2.20. The first-order valence-corrected chi connectivity index (χ1v) is 11.2. The number of nitrogens with zero attached hydrogens (tertiary/aromatic N) is 2. The Kier molecular flexibility index (Phi) is 6.86.